The predicted molar refractivity (Wildman–Crippen MR) is 82.9 cm³/mol. The van der Waals surface area contributed by atoms with Gasteiger partial charge < -0.3 is 18.9 Å². The second kappa shape index (κ2) is 6.28. The maximum absolute atomic E-state index is 12.4. The zero-order valence-corrected chi connectivity index (χ0v) is 13.4. The van der Waals surface area contributed by atoms with Crippen molar-refractivity contribution in [1.82, 2.24) is 10.1 Å². The van der Waals surface area contributed by atoms with Gasteiger partial charge in [-0.3, -0.25) is 4.79 Å². The van der Waals surface area contributed by atoms with E-state index in [1.165, 1.54) is 0 Å². The van der Waals surface area contributed by atoms with Crippen LogP contribution in [0.15, 0.2) is 22.7 Å². The van der Waals surface area contributed by atoms with E-state index in [2.05, 4.69) is 10.1 Å². The number of carbonyl (C=O) groups is 1. The summed E-state index contributed by atoms with van der Waals surface area (Å²) in [5.41, 5.74) is 0.719. The average Bonchev–Trinajstić information content (AvgIpc) is 3.20. The molecule has 0 aliphatic carbocycles. The van der Waals surface area contributed by atoms with Crippen LogP contribution in [0.2, 0.25) is 0 Å². The van der Waals surface area contributed by atoms with E-state index >= 15 is 0 Å². The first-order valence-corrected chi connectivity index (χ1v) is 7.51. The molecule has 1 saturated heterocycles. The molecule has 0 N–H and O–H groups in total. The Morgan fingerprint density at radius 2 is 2.17 bits per heavy atom. The SMILES string of the molecule is CCc1noc(C2CC(=O)N(c3ccc(OC)cc3OC)C2)n1. The average molecular weight is 317 g/mol. The lowest BCUT2D eigenvalue weighted by atomic mass is 10.1. The quantitative estimate of drug-likeness (QED) is 0.841. The van der Waals surface area contributed by atoms with Crippen molar-refractivity contribution in [2.75, 3.05) is 25.7 Å². The first-order chi connectivity index (χ1) is 11.2. The number of hydrogen-bond donors (Lipinski definition) is 0. The van der Waals surface area contributed by atoms with E-state index in [9.17, 15) is 4.79 Å². The maximum atomic E-state index is 12.4. The van der Waals surface area contributed by atoms with E-state index in [4.69, 9.17) is 14.0 Å². The summed E-state index contributed by atoms with van der Waals surface area (Å²) in [5.74, 6) is 2.37. The number of aromatic nitrogens is 2. The van der Waals surface area contributed by atoms with Crippen molar-refractivity contribution in [2.24, 2.45) is 0 Å². The summed E-state index contributed by atoms with van der Waals surface area (Å²) in [5, 5.41) is 3.90. The monoisotopic (exact) mass is 317 g/mol. The van der Waals surface area contributed by atoms with Crippen LogP contribution in [-0.4, -0.2) is 36.8 Å². The third-order valence-corrected chi connectivity index (χ3v) is 3.95. The van der Waals surface area contributed by atoms with Gasteiger partial charge in [-0.15, -0.1) is 0 Å². The molecule has 0 radical (unpaired) electrons. The highest BCUT2D eigenvalue weighted by atomic mass is 16.5. The van der Waals surface area contributed by atoms with Gasteiger partial charge >= 0.3 is 0 Å². The molecule has 7 heteroatoms. The van der Waals surface area contributed by atoms with E-state index in [0.29, 0.717) is 42.6 Å². The van der Waals surface area contributed by atoms with Gasteiger partial charge in [0.2, 0.25) is 11.8 Å². The van der Waals surface area contributed by atoms with Crippen molar-refractivity contribution in [3.63, 3.8) is 0 Å². The Morgan fingerprint density at radius 3 is 2.83 bits per heavy atom. The summed E-state index contributed by atoms with van der Waals surface area (Å²) < 4.78 is 15.8. The molecule has 1 atom stereocenters. The molecule has 1 aliphatic heterocycles. The van der Waals surface area contributed by atoms with Crippen molar-refractivity contribution >= 4 is 11.6 Å². The van der Waals surface area contributed by atoms with Crippen LogP contribution in [0.1, 0.15) is 31.0 Å². The van der Waals surface area contributed by atoms with Gasteiger partial charge in [-0.1, -0.05) is 12.1 Å². The molecule has 2 aromatic rings. The first kappa shape index (κ1) is 15.3. The number of ether oxygens (including phenoxy) is 2. The minimum absolute atomic E-state index is 0.00900. The number of methoxy groups -OCH3 is 2. The van der Waals surface area contributed by atoms with Crippen molar-refractivity contribution in [2.45, 2.75) is 25.7 Å². The van der Waals surface area contributed by atoms with Gasteiger partial charge in [0.25, 0.3) is 0 Å². The fourth-order valence-corrected chi connectivity index (χ4v) is 2.69. The van der Waals surface area contributed by atoms with E-state index in [-0.39, 0.29) is 11.8 Å². The van der Waals surface area contributed by atoms with Gasteiger partial charge in [-0.2, -0.15) is 4.98 Å². The molecular weight excluding hydrogens is 298 g/mol. The molecule has 0 bridgehead atoms. The number of aryl methyl sites for hydroxylation is 1. The fraction of sp³-hybridized carbons (Fsp3) is 0.438. The maximum Gasteiger partial charge on any atom is 0.232 e. The molecule has 122 valence electrons. The van der Waals surface area contributed by atoms with E-state index in [1.807, 2.05) is 13.0 Å². The van der Waals surface area contributed by atoms with Gasteiger partial charge in [-0.25, -0.2) is 0 Å². The minimum Gasteiger partial charge on any atom is -0.497 e. The third-order valence-electron chi connectivity index (χ3n) is 3.95. The van der Waals surface area contributed by atoms with Crippen LogP contribution < -0.4 is 14.4 Å². The molecule has 1 aliphatic rings. The first-order valence-electron chi connectivity index (χ1n) is 7.51. The topological polar surface area (TPSA) is 77.7 Å². The molecule has 0 spiro atoms. The van der Waals surface area contributed by atoms with Crippen LogP contribution in [0, 0.1) is 0 Å². The molecule has 3 rings (SSSR count). The summed E-state index contributed by atoms with van der Waals surface area (Å²) in [6.07, 6.45) is 1.06. The largest absolute Gasteiger partial charge is 0.497 e. The Hall–Kier alpha value is -2.57. The lowest BCUT2D eigenvalue weighted by molar-refractivity contribution is -0.117. The Balaban J connectivity index is 1.85. The fourth-order valence-electron chi connectivity index (χ4n) is 2.69. The van der Waals surface area contributed by atoms with Crippen LogP contribution in [-0.2, 0) is 11.2 Å². The summed E-state index contributed by atoms with van der Waals surface area (Å²) >= 11 is 0. The van der Waals surface area contributed by atoms with Gasteiger partial charge in [0, 0.05) is 25.5 Å². The highest BCUT2D eigenvalue weighted by Gasteiger charge is 2.36. The molecule has 1 aromatic carbocycles. The van der Waals surface area contributed by atoms with E-state index < -0.39 is 0 Å². The zero-order chi connectivity index (χ0) is 16.4. The minimum atomic E-state index is -0.0953. The molecule has 1 unspecified atom stereocenters. The van der Waals surface area contributed by atoms with E-state index in [1.54, 1.807) is 31.3 Å². The number of hydrogen-bond acceptors (Lipinski definition) is 6. The molecular formula is C16H19N3O4. The number of nitrogens with zero attached hydrogens (tertiary/aromatic N) is 3. The molecule has 1 aromatic heterocycles. The molecule has 1 fully saturated rings. The Kier molecular flexibility index (Phi) is 4.18. The van der Waals surface area contributed by atoms with Crippen LogP contribution in [0.4, 0.5) is 5.69 Å². The van der Waals surface area contributed by atoms with Crippen molar-refractivity contribution in [3.8, 4) is 11.5 Å². The summed E-state index contributed by atoms with van der Waals surface area (Å²) in [4.78, 5) is 18.4. The standard InChI is InChI=1S/C16H19N3O4/c1-4-14-17-16(23-18-14)10-7-15(20)19(9-10)12-6-5-11(21-2)8-13(12)22-3/h5-6,8,10H,4,7,9H2,1-3H3. The highest BCUT2D eigenvalue weighted by molar-refractivity contribution is 5.97. The summed E-state index contributed by atoms with van der Waals surface area (Å²) in [7, 11) is 3.16. The molecule has 2 heterocycles. The molecule has 7 nitrogen and oxygen atoms in total. The van der Waals surface area contributed by atoms with Crippen LogP contribution in [0.5, 0.6) is 11.5 Å². The Bertz CT molecular complexity index is 713. The number of benzene rings is 1. The smallest absolute Gasteiger partial charge is 0.232 e. The van der Waals surface area contributed by atoms with Crippen molar-refractivity contribution in [3.05, 3.63) is 29.9 Å². The van der Waals surface area contributed by atoms with Gasteiger partial charge in [0.15, 0.2) is 5.82 Å². The predicted octanol–water partition coefficient (Wildman–Crippen LogP) is 2.17. The zero-order valence-electron chi connectivity index (χ0n) is 13.4. The van der Waals surface area contributed by atoms with E-state index in [0.717, 1.165) is 5.69 Å². The summed E-state index contributed by atoms with van der Waals surface area (Å²) in [6, 6.07) is 5.39. The Labute approximate surface area is 134 Å². The number of carbonyl (C=O) groups excluding carboxylic acids is 1. The molecule has 1 amide bonds. The Morgan fingerprint density at radius 1 is 1.35 bits per heavy atom. The van der Waals surface area contributed by atoms with Crippen LogP contribution in [0.3, 0.4) is 0 Å². The lowest BCUT2D eigenvalue weighted by Gasteiger charge is -2.19. The van der Waals surface area contributed by atoms with Crippen molar-refractivity contribution in [1.29, 1.82) is 0 Å². The third kappa shape index (κ3) is 2.86. The molecule has 23 heavy (non-hydrogen) atoms. The second-order valence-electron chi connectivity index (χ2n) is 5.35. The number of rotatable bonds is 5. The van der Waals surface area contributed by atoms with Gasteiger partial charge in [0.1, 0.15) is 11.5 Å². The van der Waals surface area contributed by atoms with Crippen LogP contribution >= 0.6 is 0 Å². The normalized spacial score (nSPS) is 17.6. The van der Waals surface area contributed by atoms with Crippen LogP contribution in [0.25, 0.3) is 0 Å². The lowest BCUT2D eigenvalue weighted by Crippen LogP contribution is -2.24. The number of amides is 1. The van der Waals surface area contributed by atoms with Crippen molar-refractivity contribution < 1.29 is 18.8 Å². The summed E-state index contributed by atoms with van der Waals surface area (Å²) in [6.45, 7) is 2.45. The highest BCUT2D eigenvalue weighted by Crippen LogP contribution is 2.37. The van der Waals surface area contributed by atoms with Gasteiger partial charge in [-0.05, 0) is 12.1 Å². The van der Waals surface area contributed by atoms with Gasteiger partial charge in [0.05, 0.1) is 25.8 Å². The molecule has 0 saturated carbocycles. The number of anilines is 1. The second-order valence-corrected chi connectivity index (χ2v) is 5.35.